The molecule has 0 radical (unpaired) electrons. The number of aliphatic hydroxyl groups excluding tert-OH is 6. The van der Waals surface area contributed by atoms with Crippen molar-refractivity contribution in [1.82, 2.24) is 0 Å². The van der Waals surface area contributed by atoms with Crippen LogP contribution in [0.5, 0.6) is 0 Å². The highest BCUT2D eigenvalue weighted by molar-refractivity contribution is 5.66. The summed E-state index contributed by atoms with van der Waals surface area (Å²) in [6, 6.07) is 0. The van der Waals surface area contributed by atoms with Crippen LogP contribution < -0.4 is 0 Å². The molecule has 0 saturated heterocycles. The third-order valence-corrected chi connectivity index (χ3v) is 6.21. The molecule has 0 aliphatic rings. The number of allylic oxidation sites excluding steroid dienone is 1. The van der Waals surface area contributed by atoms with Crippen LogP contribution >= 0.6 is 0 Å². The molecule has 6 unspecified atom stereocenters. The van der Waals surface area contributed by atoms with Crippen LogP contribution in [-0.2, 0) is 4.79 Å². The Balaban J connectivity index is 4.04. The Morgan fingerprint density at radius 3 is 1.74 bits per heavy atom. The number of carbonyl (C=O) groups is 1. The maximum absolute atomic E-state index is 10.5. The van der Waals surface area contributed by atoms with Gasteiger partial charge in [0.1, 0.15) is 0 Å². The van der Waals surface area contributed by atoms with E-state index in [1.54, 1.807) is 0 Å². The Kier molecular flexibility index (Phi) is 20.6. The first-order valence-corrected chi connectivity index (χ1v) is 13.1. The molecule has 0 amide bonds. The molecule has 0 fully saturated rings. The lowest BCUT2D eigenvalue weighted by Gasteiger charge is -2.26. The fourth-order valence-corrected chi connectivity index (χ4v) is 3.85. The van der Waals surface area contributed by atoms with Gasteiger partial charge in [0.2, 0.25) is 0 Å². The molecule has 0 aliphatic carbocycles. The standard InChI is InChI=1S/C26H50O8/c1-2-3-4-5-6-7-9-12-15-20(27)22(29)18-24(31)25(32)19-23(30)21(28)16-13-10-8-11-14-17-26(33)34/h9,12,20-25,27-32H,2-8,10-11,13-19H2,1H3,(H,33,34)/b12-9+. The number of aliphatic carboxylic acids is 1. The second-order valence-electron chi connectivity index (χ2n) is 9.49. The first kappa shape index (κ1) is 33.0. The van der Waals surface area contributed by atoms with Gasteiger partial charge in [0, 0.05) is 19.3 Å². The van der Waals surface area contributed by atoms with Crippen molar-refractivity contribution in [1.29, 1.82) is 0 Å². The van der Waals surface area contributed by atoms with Gasteiger partial charge in [0.05, 0.1) is 36.6 Å². The fourth-order valence-electron chi connectivity index (χ4n) is 3.85. The molecule has 0 spiro atoms. The number of carboxylic acids is 1. The monoisotopic (exact) mass is 490 g/mol. The van der Waals surface area contributed by atoms with E-state index in [4.69, 9.17) is 5.11 Å². The second kappa shape index (κ2) is 21.3. The lowest BCUT2D eigenvalue weighted by Crippen LogP contribution is -2.39. The third-order valence-electron chi connectivity index (χ3n) is 6.21. The van der Waals surface area contributed by atoms with Crippen LogP contribution in [0, 0.1) is 0 Å². The first-order valence-electron chi connectivity index (χ1n) is 13.1. The SMILES string of the molecule is CCCCCCC/C=C/CC(O)C(O)CC(O)C(O)CC(O)C(O)CCCCCCCC(=O)O. The Morgan fingerprint density at radius 2 is 1.12 bits per heavy atom. The van der Waals surface area contributed by atoms with Gasteiger partial charge in [-0.25, -0.2) is 0 Å². The van der Waals surface area contributed by atoms with E-state index < -0.39 is 42.6 Å². The van der Waals surface area contributed by atoms with E-state index in [2.05, 4.69) is 6.92 Å². The van der Waals surface area contributed by atoms with Crippen molar-refractivity contribution < 1.29 is 40.5 Å². The quantitative estimate of drug-likeness (QED) is 0.0850. The number of hydrogen-bond acceptors (Lipinski definition) is 7. The zero-order valence-corrected chi connectivity index (χ0v) is 21.0. The average molecular weight is 491 g/mol. The number of carboxylic acid groups (broad SMARTS) is 1. The Hall–Kier alpha value is -1.03. The van der Waals surface area contributed by atoms with Gasteiger partial charge in [-0.3, -0.25) is 4.79 Å². The third kappa shape index (κ3) is 18.3. The van der Waals surface area contributed by atoms with E-state index in [1.165, 1.54) is 25.7 Å². The van der Waals surface area contributed by atoms with Crippen molar-refractivity contribution in [2.45, 2.75) is 146 Å². The van der Waals surface area contributed by atoms with Crippen LogP contribution in [0.25, 0.3) is 0 Å². The Labute approximate surface area is 205 Å². The van der Waals surface area contributed by atoms with E-state index in [9.17, 15) is 35.4 Å². The number of rotatable bonds is 23. The number of hydrogen-bond donors (Lipinski definition) is 7. The van der Waals surface area contributed by atoms with E-state index in [1.807, 2.05) is 12.2 Å². The minimum atomic E-state index is -1.33. The van der Waals surface area contributed by atoms with Gasteiger partial charge in [0.15, 0.2) is 0 Å². The van der Waals surface area contributed by atoms with Gasteiger partial charge in [-0.1, -0.05) is 70.4 Å². The van der Waals surface area contributed by atoms with E-state index in [0.717, 1.165) is 32.1 Å². The summed E-state index contributed by atoms with van der Waals surface area (Å²) < 4.78 is 0. The molecule has 0 bridgehead atoms. The molecular weight excluding hydrogens is 440 g/mol. The predicted molar refractivity (Wildman–Crippen MR) is 132 cm³/mol. The molecule has 8 heteroatoms. The molecule has 0 aliphatic heterocycles. The topological polar surface area (TPSA) is 159 Å². The van der Waals surface area contributed by atoms with Gasteiger partial charge in [-0.2, -0.15) is 0 Å². The highest BCUT2D eigenvalue weighted by Crippen LogP contribution is 2.17. The normalized spacial score (nSPS) is 17.4. The first-order chi connectivity index (χ1) is 16.2. The minimum absolute atomic E-state index is 0.156. The summed E-state index contributed by atoms with van der Waals surface area (Å²) in [4.78, 5) is 10.5. The molecule has 0 aromatic rings. The van der Waals surface area contributed by atoms with Crippen molar-refractivity contribution in [3.63, 3.8) is 0 Å². The molecule has 8 nitrogen and oxygen atoms in total. The van der Waals surface area contributed by atoms with Gasteiger partial charge >= 0.3 is 5.97 Å². The van der Waals surface area contributed by atoms with Crippen molar-refractivity contribution in [3.05, 3.63) is 12.2 Å². The Morgan fingerprint density at radius 1 is 0.618 bits per heavy atom. The minimum Gasteiger partial charge on any atom is -0.481 e. The van der Waals surface area contributed by atoms with Crippen LogP contribution in [0.15, 0.2) is 12.2 Å². The molecule has 0 saturated carbocycles. The summed E-state index contributed by atoms with van der Waals surface area (Å²) in [5, 5.41) is 69.3. The summed E-state index contributed by atoms with van der Waals surface area (Å²) in [5.74, 6) is -0.804. The molecule has 7 N–H and O–H groups in total. The van der Waals surface area contributed by atoms with E-state index in [-0.39, 0.29) is 25.7 Å². The fraction of sp³-hybridized carbons (Fsp3) is 0.885. The molecule has 34 heavy (non-hydrogen) atoms. The van der Waals surface area contributed by atoms with E-state index in [0.29, 0.717) is 19.3 Å². The molecule has 0 aromatic heterocycles. The molecule has 6 atom stereocenters. The van der Waals surface area contributed by atoms with Crippen LogP contribution in [0.4, 0.5) is 0 Å². The molecule has 0 rings (SSSR count). The van der Waals surface area contributed by atoms with Gasteiger partial charge in [-0.05, 0) is 32.1 Å². The second-order valence-corrected chi connectivity index (χ2v) is 9.49. The maximum Gasteiger partial charge on any atom is 0.303 e. The highest BCUT2D eigenvalue weighted by atomic mass is 16.4. The zero-order chi connectivity index (χ0) is 25.8. The molecule has 0 heterocycles. The lowest BCUT2D eigenvalue weighted by atomic mass is 9.95. The van der Waals surface area contributed by atoms with Gasteiger partial charge in [-0.15, -0.1) is 0 Å². The van der Waals surface area contributed by atoms with Crippen molar-refractivity contribution >= 4 is 5.97 Å². The summed E-state index contributed by atoms with van der Waals surface area (Å²) in [6.45, 7) is 2.17. The summed E-state index contributed by atoms with van der Waals surface area (Å²) in [6.07, 6.45) is 7.59. The van der Waals surface area contributed by atoms with Crippen LogP contribution in [0.3, 0.4) is 0 Å². The van der Waals surface area contributed by atoms with Gasteiger partial charge in [0.25, 0.3) is 0 Å². The Bertz CT molecular complexity index is 513. The molecule has 0 aromatic carbocycles. The lowest BCUT2D eigenvalue weighted by molar-refractivity contribution is -0.137. The van der Waals surface area contributed by atoms with Gasteiger partial charge < -0.3 is 35.7 Å². The zero-order valence-electron chi connectivity index (χ0n) is 21.0. The predicted octanol–water partition coefficient (Wildman–Crippen LogP) is 3.05. The number of aliphatic hydroxyl groups is 6. The molecular formula is C26H50O8. The summed E-state index contributed by atoms with van der Waals surface area (Å²) in [5.41, 5.74) is 0. The van der Waals surface area contributed by atoms with Crippen molar-refractivity contribution in [2.75, 3.05) is 0 Å². The summed E-state index contributed by atoms with van der Waals surface area (Å²) >= 11 is 0. The smallest absolute Gasteiger partial charge is 0.303 e. The molecule has 202 valence electrons. The maximum atomic E-state index is 10.5. The van der Waals surface area contributed by atoms with E-state index >= 15 is 0 Å². The van der Waals surface area contributed by atoms with Crippen LogP contribution in [0.1, 0.15) is 110 Å². The largest absolute Gasteiger partial charge is 0.481 e. The van der Waals surface area contributed by atoms with Crippen molar-refractivity contribution in [3.8, 4) is 0 Å². The average Bonchev–Trinajstić information content (AvgIpc) is 2.79. The number of unbranched alkanes of at least 4 members (excludes halogenated alkanes) is 9. The van der Waals surface area contributed by atoms with Crippen molar-refractivity contribution in [2.24, 2.45) is 0 Å². The summed E-state index contributed by atoms with van der Waals surface area (Å²) in [7, 11) is 0. The van der Waals surface area contributed by atoms with Crippen LogP contribution in [0.2, 0.25) is 0 Å². The van der Waals surface area contributed by atoms with Crippen LogP contribution in [-0.4, -0.2) is 78.3 Å². The highest BCUT2D eigenvalue weighted by Gasteiger charge is 2.27.